The average molecular weight is 326 g/mol. The average Bonchev–Trinajstić information content (AvgIpc) is 2.88. The van der Waals surface area contributed by atoms with Gasteiger partial charge in [0, 0.05) is 5.39 Å². The maximum Gasteiger partial charge on any atom is 0.328 e. The molecule has 0 saturated carbocycles. The number of esters is 1. The molecule has 1 atom stereocenters. The normalized spacial score (nSPS) is 18.5. The van der Waals surface area contributed by atoms with E-state index < -0.39 is 5.60 Å². The molecule has 1 aliphatic carbocycles. The molecule has 1 unspecified atom stereocenters. The molecule has 0 amide bonds. The number of rotatable bonds is 3. The fourth-order valence-corrected chi connectivity index (χ4v) is 3.12. The van der Waals surface area contributed by atoms with Crippen LogP contribution in [0.3, 0.4) is 0 Å². The van der Waals surface area contributed by atoms with E-state index in [0.717, 1.165) is 29.7 Å². The van der Waals surface area contributed by atoms with Gasteiger partial charge in [0.05, 0.1) is 11.7 Å². The summed E-state index contributed by atoms with van der Waals surface area (Å²) in [5.74, 6) is 0.513. The Hall–Kier alpha value is -2.10. The summed E-state index contributed by atoms with van der Waals surface area (Å²) in [5, 5.41) is 5.41. The van der Waals surface area contributed by atoms with Gasteiger partial charge in [-0.15, -0.1) is 0 Å². The molecule has 0 spiro atoms. The second-order valence-corrected chi connectivity index (χ2v) is 7.77. The van der Waals surface area contributed by atoms with Gasteiger partial charge in [0.1, 0.15) is 12.1 Å². The molecule has 3 rings (SSSR count). The zero-order valence-corrected chi connectivity index (χ0v) is 15.0. The number of nitrogens with zero attached hydrogens (tertiary/aromatic N) is 2. The highest BCUT2D eigenvalue weighted by Gasteiger charge is 2.18. The molecule has 4 nitrogen and oxygen atoms in total. The van der Waals surface area contributed by atoms with Crippen LogP contribution in [-0.2, 0) is 16.1 Å². The van der Waals surface area contributed by atoms with Crippen LogP contribution < -0.4 is 0 Å². The Morgan fingerprint density at radius 2 is 2.17 bits per heavy atom. The highest BCUT2D eigenvalue weighted by atomic mass is 16.6. The number of carbonyl (C=O) groups excluding carboxylic acids is 1. The largest absolute Gasteiger partial charge is 0.459 e. The SMILES string of the molecule is CC1CC=C(c2ccc3cnn(CC(=O)OC(C)(C)C)c3c2)CC1. The van der Waals surface area contributed by atoms with Crippen LogP contribution in [0, 0.1) is 5.92 Å². The molecule has 4 heteroatoms. The topological polar surface area (TPSA) is 44.1 Å². The number of hydrogen-bond acceptors (Lipinski definition) is 3. The van der Waals surface area contributed by atoms with Crippen LogP contribution in [-0.4, -0.2) is 21.4 Å². The molecule has 0 N–H and O–H groups in total. The van der Waals surface area contributed by atoms with E-state index in [1.807, 2.05) is 20.8 Å². The van der Waals surface area contributed by atoms with E-state index in [1.54, 1.807) is 10.9 Å². The van der Waals surface area contributed by atoms with E-state index >= 15 is 0 Å². The first-order valence-corrected chi connectivity index (χ1v) is 8.68. The Balaban J connectivity index is 1.85. The van der Waals surface area contributed by atoms with Gasteiger partial charge in [0.25, 0.3) is 0 Å². The first-order chi connectivity index (χ1) is 11.3. The molecule has 2 aromatic rings. The van der Waals surface area contributed by atoms with Crippen LogP contribution in [0.25, 0.3) is 16.5 Å². The summed E-state index contributed by atoms with van der Waals surface area (Å²) in [6, 6.07) is 6.39. The predicted octanol–water partition coefficient (Wildman–Crippen LogP) is 4.58. The molecule has 1 aromatic heterocycles. The lowest BCUT2D eigenvalue weighted by molar-refractivity contribution is -0.155. The molecule has 1 aromatic carbocycles. The highest BCUT2D eigenvalue weighted by Crippen LogP contribution is 2.31. The number of hydrogen-bond donors (Lipinski definition) is 0. The summed E-state index contributed by atoms with van der Waals surface area (Å²) < 4.78 is 7.14. The molecule has 0 saturated heterocycles. The lowest BCUT2D eigenvalue weighted by Crippen LogP contribution is -2.26. The van der Waals surface area contributed by atoms with Crippen molar-refractivity contribution in [2.75, 3.05) is 0 Å². The molecular formula is C20H26N2O2. The molecular weight excluding hydrogens is 300 g/mol. The van der Waals surface area contributed by atoms with Crippen molar-refractivity contribution < 1.29 is 9.53 Å². The standard InChI is InChI=1S/C20H26N2O2/c1-14-5-7-15(8-6-14)16-9-10-17-12-21-22(18(17)11-16)13-19(23)24-20(2,3)4/h7,9-12,14H,5-6,8,13H2,1-4H3. The number of benzene rings is 1. The van der Waals surface area contributed by atoms with Crippen LogP contribution in [0.5, 0.6) is 0 Å². The Kier molecular flexibility index (Phi) is 4.48. The lowest BCUT2D eigenvalue weighted by Gasteiger charge is -2.20. The van der Waals surface area contributed by atoms with Crippen LogP contribution >= 0.6 is 0 Å². The fourth-order valence-electron chi connectivity index (χ4n) is 3.12. The summed E-state index contributed by atoms with van der Waals surface area (Å²) in [4.78, 5) is 12.1. The number of carbonyl (C=O) groups is 1. The van der Waals surface area contributed by atoms with Crippen LogP contribution in [0.4, 0.5) is 0 Å². The number of allylic oxidation sites excluding steroid dienone is 2. The van der Waals surface area contributed by atoms with Crippen molar-refractivity contribution in [1.29, 1.82) is 0 Å². The van der Waals surface area contributed by atoms with E-state index in [4.69, 9.17) is 4.74 Å². The molecule has 0 aliphatic heterocycles. The summed E-state index contributed by atoms with van der Waals surface area (Å²) in [6.07, 6.45) is 7.66. The maximum absolute atomic E-state index is 12.1. The maximum atomic E-state index is 12.1. The number of fused-ring (bicyclic) bond motifs is 1. The number of ether oxygens (including phenoxy) is 1. The van der Waals surface area contributed by atoms with Gasteiger partial charge in [-0.3, -0.25) is 9.48 Å². The molecule has 128 valence electrons. The summed E-state index contributed by atoms with van der Waals surface area (Å²) in [6.45, 7) is 8.06. The van der Waals surface area contributed by atoms with E-state index in [-0.39, 0.29) is 12.5 Å². The van der Waals surface area contributed by atoms with Crippen molar-refractivity contribution >= 4 is 22.4 Å². The van der Waals surface area contributed by atoms with Crippen LogP contribution in [0.1, 0.15) is 52.5 Å². The van der Waals surface area contributed by atoms with E-state index in [1.165, 1.54) is 17.6 Å². The van der Waals surface area contributed by atoms with Crippen molar-refractivity contribution in [3.63, 3.8) is 0 Å². The second-order valence-electron chi connectivity index (χ2n) is 7.77. The monoisotopic (exact) mass is 326 g/mol. The summed E-state index contributed by atoms with van der Waals surface area (Å²) >= 11 is 0. The Morgan fingerprint density at radius 1 is 1.38 bits per heavy atom. The van der Waals surface area contributed by atoms with Gasteiger partial charge in [-0.25, -0.2) is 0 Å². The van der Waals surface area contributed by atoms with Crippen molar-refractivity contribution in [3.8, 4) is 0 Å². The summed E-state index contributed by atoms with van der Waals surface area (Å²) in [7, 11) is 0. The van der Waals surface area contributed by atoms with E-state index in [2.05, 4.69) is 36.3 Å². The van der Waals surface area contributed by atoms with Crippen molar-refractivity contribution in [2.45, 2.75) is 59.1 Å². The number of aromatic nitrogens is 2. The van der Waals surface area contributed by atoms with Gasteiger partial charge < -0.3 is 4.74 Å². The lowest BCUT2D eigenvalue weighted by atomic mass is 9.87. The third-order valence-electron chi connectivity index (χ3n) is 4.39. The Labute approximate surface area is 143 Å². The quantitative estimate of drug-likeness (QED) is 0.775. The van der Waals surface area contributed by atoms with Gasteiger partial charge >= 0.3 is 5.97 Å². The van der Waals surface area contributed by atoms with Gasteiger partial charge in [0.2, 0.25) is 0 Å². The zero-order chi connectivity index (χ0) is 17.3. The molecule has 0 fully saturated rings. The molecule has 0 bridgehead atoms. The van der Waals surface area contributed by atoms with Crippen molar-refractivity contribution in [2.24, 2.45) is 5.92 Å². The Bertz CT molecular complexity index is 781. The van der Waals surface area contributed by atoms with E-state index in [0.29, 0.717) is 0 Å². The molecule has 1 aliphatic rings. The molecule has 24 heavy (non-hydrogen) atoms. The minimum Gasteiger partial charge on any atom is -0.459 e. The minimum atomic E-state index is -0.477. The van der Waals surface area contributed by atoms with Crippen LogP contribution in [0.15, 0.2) is 30.5 Å². The second kappa shape index (κ2) is 6.42. The predicted molar refractivity (Wildman–Crippen MR) is 96.6 cm³/mol. The van der Waals surface area contributed by atoms with E-state index in [9.17, 15) is 4.79 Å². The molecule has 0 radical (unpaired) electrons. The first-order valence-electron chi connectivity index (χ1n) is 8.68. The fraction of sp³-hybridized carbons (Fsp3) is 0.500. The van der Waals surface area contributed by atoms with Crippen LogP contribution in [0.2, 0.25) is 0 Å². The third kappa shape index (κ3) is 3.86. The Morgan fingerprint density at radius 3 is 2.83 bits per heavy atom. The van der Waals surface area contributed by atoms with Gasteiger partial charge in [-0.2, -0.15) is 5.10 Å². The van der Waals surface area contributed by atoms with Crippen molar-refractivity contribution in [3.05, 3.63) is 36.0 Å². The van der Waals surface area contributed by atoms with Gasteiger partial charge in [-0.1, -0.05) is 25.1 Å². The van der Waals surface area contributed by atoms with Gasteiger partial charge in [-0.05, 0) is 63.2 Å². The first kappa shape index (κ1) is 16.7. The van der Waals surface area contributed by atoms with Gasteiger partial charge in [0.15, 0.2) is 0 Å². The third-order valence-corrected chi connectivity index (χ3v) is 4.39. The van der Waals surface area contributed by atoms with Crippen molar-refractivity contribution in [1.82, 2.24) is 9.78 Å². The molecule has 1 heterocycles. The highest BCUT2D eigenvalue weighted by molar-refractivity contribution is 5.84. The smallest absolute Gasteiger partial charge is 0.328 e. The minimum absolute atomic E-state index is 0.139. The summed E-state index contributed by atoms with van der Waals surface area (Å²) in [5.41, 5.74) is 3.15. The zero-order valence-electron chi connectivity index (χ0n) is 15.0.